The van der Waals surface area contributed by atoms with E-state index in [0.717, 1.165) is 25.9 Å². The number of piperidine rings is 1. The van der Waals surface area contributed by atoms with Gasteiger partial charge in [0.25, 0.3) is 0 Å². The Labute approximate surface area is 127 Å². The van der Waals surface area contributed by atoms with Crippen molar-refractivity contribution < 1.29 is 9.90 Å². The zero-order valence-corrected chi connectivity index (χ0v) is 13.2. The van der Waals surface area contributed by atoms with Gasteiger partial charge in [-0.15, -0.1) is 0 Å². The van der Waals surface area contributed by atoms with Crippen molar-refractivity contribution in [2.45, 2.75) is 38.8 Å². The number of aryl methyl sites for hydroxylation is 1. The molecule has 1 saturated heterocycles. The Kier molecular flexibility index (Phi) is 5.37. The van der Waals surface area contributed by atoms with E-state index in [-0.39, 0.29) is 6.54 Å². The topological polar surface area (TPSA) is 43.8 Å². The average molecular weight is 290 g/mol. The van der Waals surface area contributed by atoms with E-state index < -0.39 is 5.97 Å². The van der Waals surface area contributed by atoms with Gasteiger partial charge in [-0.1, -0.05) is 29.8 Å². The molecular weight excluding hydrogens is 264 g/mol. The molecule has 1 heterocycles. The van der Waals surface area contributed by atoms with Crippen LogP contribution in [0.5, 0.6) is 0 Å². The first-order chi connectivity index (χ1) is 9.97. The second kappa shape index (κ2) is 7.05. The Morgan fingerprint density at radius 2 is 2.10 bits per heavy atom. The molecule has 21 heavy (non-hydrogen) atoms. The van der Waals surface area contributed by atoms with E-state index in [1.807, 2.05) is 11.9 Å². The van der Waals surface area contributed by atoms with E-state index in [4.69, 9.17) is 5.11 Å². The van der Waals surface area contributed by atoms with Gasteiger partial charge < -0.3 is 5.11 Å². The van der Waals surface area contributed by atoms with Crippen LogP contribution in [-0.2, 0) is 4.79 Å². The maximum absolute atomic E-state index is 10.8. The molecule has 0 amide bonds. The summed E-state index contributed by atoms with van der Waals surface area (Å²) in [5, 5.41) is 8.88. The SMILES string of the molecule is Cc1cccc(C(C)N2CCC(N(C)CC(=O)O)CC2)c1. The average Bonchev–Trinajstić information content (AvgIpc) is 2.46. The lowest BCUT2D eigenvalue weighted by atomic mass is 9.98. The normalized spacial score (nSPS) is 18.9. The number of likely N-dealkylation sites (tertiary alicyclic amines) is 1. The van der Waals surface area contributed by atoms with Crippen LogP contribution >= 0.6 is 0 Å². The monoisotopic (exact) mass is 290 g/mol. The number of carboxylic acids is 1. The van der Waals surface area contributed by atoms with Gasteiger partial charge in [0.15, 0.2) is 0 Å². The van der Waals surface area contributed by atoms with Crippen LogP contribution in [0.25, 0.3) is 0 Å². The molecule has 4 nitrogen and oxygen atoms in total. The maximum atomic E-state index is 10.8. The number of rotatable bonds is 5. The summed E-state index contributed by atoms with van der Waals surface area (Å²) in [6.07, 6.45) is 2.08. The van der Waals surface area contributed by atoms with Crippen molar-refractivity contribution in [3.8, 4) is 0 Å². The number of hydrogen-bond donors (Lipinski definition) is 1. The smallest absolute Gasteiger partial charge is 0.317 e. The zero-order valence-electron chi connectivity index (χ0n) is 13.2. The highest BCUT2D eigenvalue weighted by atomic mass is 16.4. The molecule has 1 aromatic carbocycles. The summed E-state index contributed by atoms with van der Waals surface area (Å²) in [6, 6.07) is 9.52. The molecule has 1 aliphatic heterocycles. The predicted octanol–water partition coefficient (Wildman–Crippen LogP) is 2.54. The van der Waals surface area contributed by atoms with Gasteiger partial charge in [0.1, 0.15) is 0 Å². The number of likely N-dealkylation sites (N-methyl/N-ethyl adjacent to an activating group) is 1. The molecule has 0 radical (unpaired) electrons. The standard InChI is InChI=1S/C17H26N2O2/c1-13-5-4-6-15(11-13)14(2)19-9-7-16(8-10-19)18(3)12-17(20)21/h4-6,11,14,16H,7-10,12H2,1-3H3,(H,20,21). The van der Waals surface area contributed by atoms with E-state index in [1.54, 1.807) is 0 Å². The number of hydrogen-bond acceptors (Lipinski definition) is 3. The summed E-state index contributed by atoms with van der Waals surface area (Å²) >= 11 is 0. The third-order valence-corrected chi connectivity index (χ3v) is 4.58. The van der Waals surface area contributed by atoms with Gasteiger partial charge in [-0.3, -0.25) is 14.6 Å². The largest absolute Gasteiger partial charge is 0.480 e. The van der Waals surface area contributed by atoms with Crippen molar-refractivity contribution >= 4 is 5.97 Å². The fourth-order valence-electron chi connectivity index (χ4n) is 3.20. The van der Waals surface area contributed by atoms with Gasteiger partial charge in [0.2, 0.25) is 0 Å². The molecule has 1 N–H and O–H groups in total. The minimum absolute atomic E-state index is 0.137. The second-order valence-corrected chi connectivity index (χ2v) is 6.17. The van der Waals surface area contributed by atoms with Gasteiger partial charge in [-0.05, 0) is 39.3 Å². The summed E-state index contributed by atoms with van der Waals surface area (Å²) in [7, 11) is 1.92. The quantitative estimate of drug-likeness (QED) is 0.905. The third kappa shape index (κ3) is 4.29. The van der Waals surface area contributed by atoms with E-state index in [1.165, 1.54) is 11.1 Å². The highest BCUT2D eigenvalue weighted by Crippen LogP contribution is 2.26. The van der Waals surface area contributed by atoms with Crippen LogP contribution in [-0.4, -0.2) is 53.6 Å². The molecule has 1 aromatic rings. The molecule has 0 spiro atoms. The first-order valence-electron chi connectivity index (χ1n) is 7.70. The summed E-state index contributed by atoms with van der Waals surface area (Å²) in [5.74, 6) is -0.743. The van der Waals surface area contributed by atoms with Gasteiger partial charge in [-0.25, -0.2) is 0 Å². The van der Waals surface area contributed by atoms with Gasteiger partial charge >= 0.3 is 5.97 Å². The Balaban J connectivity index is 1.90. The van der Waals surface area contributed by atoms with E-state index in [0.29, 0.717) is 12.1 Å². The first-order valence-corrected chi connectivity index (χ1v) is 7.70. The molecule has 1 aliphatic rings. The van der Waals surface area contributed by atoms with Gasteiger partial charge in [0, 0.05) is 25.2 Å². The van der Waals surface area contributed by atoms with E-state index in [9.17, 15) is 4.79 Å². The molecular formula is C17H26N2O2. The molecule has 4 heteroatoms. The van der Waals surface area contributed by atoms with Crippen LogP contribution in [0.3, 0.4) is 0 Å². The lowest BCUT2D eigenvalue weighted by Gasteiger charge is -2.39. The lowest BCUT2D eigenvalue weighted by Crippen LogP contribution is -2.45. The number of benzene rings is 1. The molecule has 0 aliphatic carbocycles. The molecule has 0 aromatic heterocycles. The summed E-state index contributed by atoms with van der Waals surface area (Å²) in [6.45, 7) is 6.59. The molecule has 2 rings (SSSR count). The lowest BCUT2D eigenvalue weighted by molar-refractivity contribution is -0.138. The molecule has 0 saturated carbocycles. The fourth-order valence-corrected chi connectivity index (χ4v) is 3.20. The van der Waals surface area contributed by atoms with Crippen LogP contribution in [0.1, 0.15) is 36.9 Å². The Hall–Kier alpha value is -1.39. The van der Waals surface area contributed by atoms with Crippen molar-refractivity contribution in [2.24, 2.45) is 0 Å². The van der Waals surface area contributed by atoms with Crippen molar-refractivity contribution in [3.63, 3.8) is 0 Å². The fraction of sp³-hybridized carbons (Fsp3) is 0.588. The van der Waals surface area contributed by atoms with Crippen LogP contribution in [0.4, 0.5) is 0 Å². The molecule has 1 unspecified atom stereocenters. The zero-order chi connectivity index (χ0) is 15.4. The van der Waals surface area contributed by atoms with Crippen molar-refractivity contribution in [1.29, 1.82) is 0 Å². The molecule has 1 atom stereocenters. The first kappa shape index (κ1) is 16.0. The minimum atomic E-state index is -0.743. The number of carbonyl (C=O) groups is 1. The number of nitrogens with zero attached hydrogens (tertiary/aromatic N) is 2. The Bertz CT molecular complexity index is 481. The summed E-state index contributed by atoms with van der Waals surface area (Å²) < 4.78 is 0. The van der Waals surface area contributed by atoms with Crippen molar-refractivity contribution in [3.05, 3.63) is 35.4 Å². The Morgan fingerprint density at radius 1 is 1.43 bits per heavy atom. The van der Waals surface area contributed by atoms with E-state index in [2.05, 4.69) is 43.0 Å². The maximum Gasteiger partial charge on any atom is 0.317 e. The second-order valence-electron chi connectivity index (χ2n) is 6.17. The van der Waals surface area contributed by atoms with Gasteiger partial charge in [-0.2, -0.15) is 0 Å². The molecule has 116 valence electrons. The molecule has 0 bridgehead atoms. The number of aliphatic carboxylic acids is 1. The minimum Gasteiger partial charge on any atom is -0.480 e. The van der Waals surface area contributed by atoms with Crippen LogP contribution < -0.4 is 0 Å². The highest BCUT2D eigenvalue weighted by molar-refractivity contribution is 5.69. The summed E-state index contributed by atoms with van der Waals surface area (Å²) in [5.41, 5.74) is 2.67. The third-order valence-electron chi connectivity index (χ3n) is 4.58. The van der Waals surface area contributed by atoms with Crippen molar-refractivity contribution in [1.82, 2.24) is 9.80 Å². The highest BCUT2D eigenvalue weighted by Gasteiger charge is 2.26. The van der Waals surface area contributed by atoms with Crippen molar-refractivity contribution in [2.75, 3.05) is 26.7 Å². The number of carboxylic acid groups (broad SMARTS) is 1. The molecule has 1 fully saturated rings. The van der Waals surface area contributed by atoms with Crippen LogP contribution in [0.15, 0.2) is 24.3 Å². The summed E-state index contributed by atoms with van der Waals surface area (Å²) in [4.78, 5) is 15.3. The van der Waals surface area contributed by atoms with E-state index >= 15 is 0 Å². The Morgan fingerprint density at radius 3 is 2.67 bits per heavy atom. The van der Waals surface area contributed by atoms with Gasteiger partial charge in [0.05, 0.1) is 6.54 Å². The predicted molar refractivity (Wildman–Crippen MR) is 84.5 cm³/mol. The van der Waals surface area contributed by atoms with Crippen LogP contribution in [0.2, 0.25) is 0 Å². The van der Waals surface area contributed by atoms with Crippen LogP contribution in [0, 0.1) is 6.92 Å².